The van der Waals surface area contributed by atoms with E-state index in [0.29, 0.717) is 55.4 Å². The number of halogens is 1. The number of sulfone groups is 1. The summed E-state index contributed by atoms with van der Waals surface area (Å²) in [6.07, 6.45) is 5.86. The summed E-state index contributed by atoms with van der Waals surface area (Å²) < 4.78 is 24.4. The Bertz CT molecular complexity index is 1370. The Kier molecular flexibility index (Phi) is 11.1. The van der Waals surface area contributed by atoms with Gasteiger partial charge in [-0.1, -0.05) is 37.9 Å². The molecule has 2 aromatic rings. The van der Waals surface area contributed by atoms with Crippen LogP contribution in [0.1, 0.15) is 63.3 Å². The Morgan fingerprint density at radius 1 is 1.20 bits per heavy atom. The Hall–Kier alpha value is -2.14. The average molecular weight is 622 g/mol. The summed E-state index contributed by atoms with van der Waals surface area (Å²) >= 11 is 7.63. The molecule has 1 aliphatic heterocycles. The maximum absolute atomic E-state index is 13.7. The summed E-state index contributed by atoms with van der Waals surface area (Å²) in [5.74, 6) is -0.220. The number of hydrogen-bond acceptors (Lipinski definition) is 8. The zero-order valence-electron chi connectivity index (χ0n) is 23.7. The Morgan fingerprint density at radius 2 is 1.90 bits per heavy atom. The number of nitrogens with one attached hydrogen (secondary N) is 1. The van der Waals surface area contributed by atoms with Crippen molar-refractivity contribution in [2.45, 2.75) is 70.8 Å². The molecule has 41 heavy (non-hydrogen) atoms. The van der Waals surface area contributed by atoms with Gasteiger partial charge in [-0.25, -0.2) is 13.4 Å². The molecule has 0 radical (unpaired) electrons. The molecule has 1 aliphatic carbocycles. The van der Waals surface area contributed by atoms with Crippen molar-refractivity contribution in [1.29, 1.82) is 0 Å². The van der Waals surface area contributed by atoms with Gasteiger partial charge < -0.3 is 5.32 Å². The van der Waals surface area contributed by atoms with Crippen molar-refractivity contribution >= 4 is 60.5 Å². The SMILES string of the molecule is C=C(CN1CCS(=O)(=O)CC1)C(=O)CC[C@@H](NC(=O)[C@@H](CC(=O)CC)Cc1nc2ccc(Cl)cc2s1)C1CCCC1. The summed E-state index contributed by atoms with van der Waals surface area (Å²) in [7, 11) is -2.99. The molecule has 0 bridgehead atoms. The second kappa shape index (κ2) is 14.4. The fourth-order valence-corrected chi connectivity index (χ4v) is 8.34. The van der Waals surface area contributed by atoms with Crippen molar-refractivity contribution in [1.82, 2.24) is 15.2 Å². The number of benzene rings is 1. The van der Waals surface area contributed by atoms with Crippen molar-refractivity contribution in [3.8, 4) is 0 Å². The lowest BCUT2D eigenvalue weighted by Gasteiger charge is -2.28. The number of rotatable bonds is 14. The molecule has 1 amide bonds. The smallest absolute Gasteiger partial charge is 0.224 e. The van der Waals surface area contributed by atoms with Crippen LogP contribution >= 0.6 is 22.9 Å². The van der Waals surface area contributed by atoms with Crippen molar-refractivity contribution in [2.75, 3.05) is 31.1 Å². The molecule has 2 heterocycles. The van der Waals surface area contributed by atoms with Crippen LogP contribution < -0.4 is 5.32 Å². The topological polar surface area (TPSA) is 114 Å². The van der Waals surface area contributed by atoms with E-state index in [0.717, 1.165) is 40.9 Å². The van der Waals surface area contributed by atoms with Crippen LogP contribution in [0, 0.1) is 11.8 Å². The summed E-state index contributed by atoms with van der Waals surface area (Å²) in [4.78, 5) is 45.8. The van der Waals surface area contributed by atoms with E-state index in [9.17, 15) is 22.8 Å². The zero-order valence-corrected chi connectivity index (χ0v) is 26.1. The standard InChI is InChI=1S/C30H40ClN3O5S2/c1-3-24(35)16-22(17-29-32-26-9-8-23(31)18-28(26)40-29)30(37)33-25(21-6-4-5-7-21)10-11-27(36)20(2)19-34-12-14-41(38,39)15-13-34/h8-9,18,21-22,25H,2-7,10-17,19H2,1H3,(H,33,37)/t22-,25+/m0/s1. The third-order valence-corrected chi connectivity index (χ3v) is 11.2. The molecule has 0 unspecified atom stereocenters. The molecule has 8 nitrogen and oxygen atoms in total. The number of fused-ring (bicyclic) bond motifs is 1. The number of carbonyl (C=O) groups excluding carboxylic acids is 3. The fraction of sp³-hybridized carbons (Fsp3) is 0.600. The van der Waals surface area contributed by atoms with Gasteiger partial charge in [0, 0.05) is 62.0 Å². The third kappa shape index (κ3) is 9.17. The van der Waals surface area contributed by atoms with Crippen molar-refractivity contribution in [2.24, 2.45) is 11.8 Å². The predicted molar refractivity (Wildman–Crippen MR) is 164 cm³/mol. The van der Waals surface area contributed by atoms with Gasteiger partial charge in [0.25, 0.3) is 0 Å². The molecule has 1 aromatic heterocycles. The highest BCUT2D eigenvalue weighted by molar-refractivity contribution is 7.91. The number of aromatic nitrogens is 1. The van der Waals surface area contributed by atoms with E-state index in [4.69, 9.17) is 11.6 Å². The van der Waals surface area contributed by atoms with Crippen LogP contribution in [0.15, 0.2) is 30.4 Å². The largest absolute Gasteiger partial charge is 0.353 e. The molecule has 4 rings (SSSR count). The van der Waals surface area contributed by atoms with Crippen LogP contribution in [0.25, 0.3) is 10.2 Å². The summed E-state index contributed by atoms with van der Waals surface area (Å²) in [5.41, 5.74) is 1.30. The van der Waals surface area contributed by atoms with Gasteiger partial charge in [0.1, 0.15) is 5.78 Å². The van der Waals surface area contributed by atoms with Gasteiger partial charge in [-0.15, -0.1) is 11.3 Å². The number of thiazole rings is 1. The van der Waals surface area contributed by atoms with Crippen LogP contribution in [0.3, 0.4) is 0 Å². The average Bonchev–Trinajstić information content (AvgIpc) is 3.61. The number of amides is 1. The van der Waals surface area contributed by atoms with Crippen molar-refractivity contribution in [3.63, 3.8) is 0 Å². The second-order valence-corrected chi connectivity index (χ2v) is 15.2. The van der Waals surface area contributed by atoms with Gasteiger partial charge in [-0.05, 0) is 43.4 Å². The minimum Gasteiger partial charge on any atom is -0.353 e. The monoisotopic (exact) mass is 621 g/mol. The molecule has 1 saturated heterocycles. The Labute approximate surface area is 251 Å². The lowest BCUT2D eigenvalue weighted by atomic mass is 9.90. The first-order chi connectivity index (χ1) is 19.5. The number of Topliss-reactive ketones (excluding diaryl/α,β-unsaturated/α-hetero) is 2. The summed E-state index contributed by atoms with van der Waals surface area (Å²) in [6, 6.07) is 5.35. The maximum atomic E-state index is 13.7. The molecule has 0 spiro atoms. The van der Waals surface area contributed by atoms with E-state index in [-0.39, 0.29) is 47.9 Å². The van der Waals surface area contributed by atoms with Crippen LogP contribution in [0.5, 0.6) is 0 Å². The lowest BCUT2D eigenvalue weighted by Crippen LogP contribution is -2.44. The highest BCUT2D eigenvalue weighted by Crippen LogP contribution is 2.31. The summed E-state index contributed by atoms with van der Waals surface area (Å²) in [6.45, 7) is 6.98. The molecule has 1 aromatic carbocycles. The first kappa shape index (κ1) is 31.8. The molecule has 2 atom stereocenters. The van der Waals surface area contributed by atoms with Crippen LogP contribution in [-0.2, 0) is 30.6 Å². The molecule has 1 N–H and O–H groups in total. The molecule has 224 valence electrons. The van der Waals surface area contributed by atoms with Gasteiger partial charge >= 0.3 is 0 Å². The Morgan fingerprint density at radius 3 is 2.59 bits per heavy atom. The minimum atomic E-state index is -2.99. The molecular formula is C30H40ClN3O5S2. The number of hydrogen-bond donors (Lipinski definition) is 1. The predicted octanol–water partition coefficient (Wildman–Crippen LogP) is 4.79. The van der Waals surface area contributed by atoms with E-state index >= 15 is 0 Å². The maximum Gasteiger partial charge on any atom is 0.224 e. The number of carbonyl (C=O) groups is 3. The molecular weight excluding hydrogens is 582 g/mol. The minimum absolute atomic E-state index is 0.0312. The van der Waals surface area contributed by atoms with Gasteiger partial charge in [-0.3, -0.25) is 19.3 Å². The highest BCUT2D eigenvalue weighted by Gasteiger charge is 2.31. The quantitative estimate of drug-likeness (QED) is 0.302. The number of nitrogens with zero attached hydrogens (tertiary/aromatic N) is 2. The van der Waals surface area contributed by atoms with Crippen LogP contribution in [0.2, 0.25) is 5.02 Å². The van der Waals surface area contributed by atoms with Gasteiger partial charge in [0.15, 0.2) is 15.6 Å². The summed E-state index contributed by atoms with van der Waals surface area (Å²) in [5, 5.41) is 4.66. The van der Waals surface area contributed by atoms with Gasteiger partial charge in [0.2, 0.25) is 5.91 Å². The second-order valence-electron chi connectivity index (χ2n) is 11.4. The third-order valence-electron chi connectivity index (χ3n) is 8.28. The molecule has 11 heteroatoms. The molecule has 1 saturated carbocycles. The first-order valence-electron chi connectivity index (χ1n) is 14.5. The van der Waals surface area contributed by atoms with E-state index in [1.165, 1.54) is 11.3 Å². The van der Waals surface area contributed by atoms with Gasteiger partial charge in [0.05, 0.1) is 32.6 Å². The fourth-order valence-electron chi connectivity index (χ4n) is 5.74. The normalized spacial score (nSPS) is 19.2. The number of ketones is 2. The highest BCUT2D eigenvalue weighted by atomic mass is 35.5. The molecule has 2 aliphatic rings. The van der Waals surface area contributed by atoms with E-state index in [1.54, 1.807) is 13.0 Å². The van der Waals surface area contributed by atoms with E-state index < -0.39 is 15.8 Å². The van der Waals surface area contributed by atoms with Gasteiger partial charge in [-0.2, -0.15) is 0 Å². The van der Waals surface area contributed by atoms with E-state index in [2.05, 4.69) is 16.9 Å². The van der Waals surface area contributed by atoms with Crippen molar-refractivity contribution in [3.05, 3.63) is 40.4 Å². The van der Waals surface area contributed by atoms with Crippen LogP contribution in [0.4, 0.5) is 0 Å². The zero-order chi connectivity index (χ0) is 29.6. The lowest BCUT2D eigenvalue weighted by molar-refractivity contribution is -0.130. The first-order valence-corrected chi connectivity index (χ1v) is 17.6. The van der Waals surface area contributed by atoms with Crippen molar-refractivity contribution < 1.29 is 22.8 Å². The van der Waals surface area contributed by atoms with E-state index in [1.807, 2.05) is 17.0 Å². The van der Waals surface area contributed by atoms with Crippen LogP contribution in [-0.4, -0.2) is 73.0 Å². The molecule has 2 fully saturated rings. The Balaban J connectivity index is 1.39.